The number of rotatable bonds is 4. The summed E-state index contributed by atoms with van der Waals surface area (Å²) in [6, 6.07) is 1.46. The second-order valence-corrected chi connectivity index (χ2v) is 3.97. The van der Waals surface area contributed by atoms with E-state index in [0.717, 1.165) is 17.0 Å². The molecule has 1 aromatic carbocycles. The first-order chi connectivity index (χ1) is 8.86. The van der Waals surface area contributed by atoms with Gasteiger partial charge in [-0.15, -0.1) is 0 Å². The first-order valence-corrected chi connectivity index (χ1v) is 5.63. The Balaban J connectivity index is 2.88. The Hall–Kier alpha value is -2.18. The van der Waals surface area contributed by atoms with Crippen molar-refractivity contribution >= 4 is 17.5 Å². The minimum atomic E-state index is -1.16. The molecular weight excluding hydrogens is 256 g/mol. The number of hydrogen-bond donors (Lipinski definition) is 2. The highest BCUT2D eigenvalue weighted by Gasteiger charge is 2.19. The smallest absolute Gasteiger partial charge is 0.256 e. The summed E-state index contributed by atoms with van der Waals surface area (Å²) < 4.78 is 26.0. The Morgan fingerprint density at radius 3 is 2.47 bits per heavy atom. The Labute approximate surface area is 109 Å². The molecule has 0 bridgehead atoms. The molecule has 0 aliphatic heterocycles. The van der Waals surface area contributed by atoms with Gasteiger partial charge in [-0.3, -0.25) is 9.59 Å². The molecule has 3 N–H and O–H groups in total. The number of anilines is 1. The van der Waals surface area contributed by atoms with Gasteiger partial charge in [0.25, 0.3) is 5.91 Å². The molecule has 0 aliphatic carbocycles. The number of carbonyl (C=O) groups is 2. The SMILES string of the molecule is CCNC(=O)CN(C)C(=O)c1cc(F)c(F)cc1N. The van der Waals surface area contributed by atoms with Gasteiger partial charge in [0.2, 0.25) is 5.91 Å². The zero-order chi connectivity index (χ0) is 14.6. The molecule has 0 unspecified atom stereocenters. The van der Waals surface area contributed by atoms with Crippen LogP contribution in [0.15, 0.2) is 12.1 Å². The third-order valence-electron chi connectivity index (χ3n) is 2.42. The van der Waals surface area contributed by atoms with E-state index >= 15 is 0 Å². The van der Waals surface area contributed by atoms with E-state index in [9.17, 15) is 18.4 Å². The second kappa shape index (κ2) is 6.12. The fourth-order valence-corrected chi connectivity index (χ4v) is 1.49. The number of benzene rings is 1. The number of nitrogens with two attached hydrogens (primary N) is 1. The van der Waals surface area contributed by atoms with E-state index in [-0.39, 0.29) is 23.7 Å². The van der Waals surface area contributed by atoms with Gasteiger partial charge in [0.15, 0.2) is 11.6 Å². The number of halogens is 2. The lowest BCUT2D eigenvalue weighted by molar-refractivity contribution is -0.121. The van der Waals surface area contributed by atoms with E-state index in [1.807, 2.05) is 0 Å². The van der Waals surface area contributed by atoms with E-state index in [2.05, 4.69) is 5.32 Å². The first-order valence-electron chi connectivity index (χ1n) is 5.63. The molecule has 5 nitrogen and oxygen atoms in total. The summed E-state index contributed by atoms with van der Waals surface area (Å²) in [6.45, 7) is 1.99. The summed E-state index contributed by atoms with van der Waals surface area (Å²) in [5.74, 6) is -3.29. The number of nitrogen functional groups attached to an aromatic ring is 1. The molecule has 0 spiro atoms. The van der Waals surface area contributed by atoms with Crippen molar-refractivity contribution in [2.75, 3.05) is 25.9 Å². The molecule has 1 rings (SSSR count). The maximum atomic E-state index is 13.1. The molecule has 0 atom stereocenters. The lowest BCUT2D eigenvalue weighted by Gasteiger charge is -2.17. The molecule has 104 valence electrons. The van der Waals surface area contributed by atoms with E-state index in [0.29, 0.717) is 6.54 Å². The van der Waals surface area contributed by atoms with Crippen LogP contribution < -0.4 is 11.1 Å². The summed E-state index contributed by atoms with van der Waals surface area (Å²) >= 11 is 0. The van der Waals surface area contributed by atoms with Gasteiger partial charge >= 0.3 is 0 Å². The number of nitrogens with zero attached hydrogens (tertiary/aromatic N) is 1. The third-order valence-corrected chi connectivity index (χ3v) is 2.42. The van der Waals surface area contributed by atoms with E-state index in [1.54, 1.807) is 6.92 Å². The highest BCUT2D eigenvalue weighted by atomic mass is 19.2. The highest BCUT2D eigenvalue weighted by molar-refractivity contribution is 6.00. The van der Waals surface area contributed by atoms with Crippen molar-refractivity contribution in [3.63, 3.8) is 0 Å². The Bertz CT molecular complexity index is 506. The van der Waals surface area contributed by atoms with Crippen LogP contribution in [-0.4, -0.2) is 36.9 Å². The van der Waals surface area contributed by atoms with Crippen LogP contribution in [0.3, 0.4) is 0 Å². The summed E-state index contributed by atoms with van der Waals surface area (Å²) in [7, 11) is 1.37. The minimum Gasteiger partial charge on any atom is -0.398 e. The van der Waals surface area contributed by atoms with E-state index < -0.39 is 17.5 Å². The van der Waals surface area contributed by atoms with Crippen LogP contribution in [0.5, 0.6) is 0 Å². The van der Waals surface area contributed by atoms with Crippen LogP contribution in [-0.2, 0) is 4.79 Å². The Kier molecular flexibility index (Phi) is 4.80. The van der Waals surface area contributed by atoms with Crippen molar-refractivity contribution in [2.45, 2.75) is 6.92 Å². The normalized spacial score (nSPS) is 10.1. The predicted octanol–water partition coefficient (Wildman–Crippen LogP) is 0.755. The number of likely N-dealkylation sites (N-methyl/N-ethyl adjacent to an activating group) is 2. The van der Waals surface area contributed by atoms with Crippen molar-refractivity contribution in [2.24, 2.45) is 0 Å². The van der Waals surface area contributed by atoms with Crippen LogP contribution in [0.4, 0.5) is 14.5 Å². The van der Waals surface area contributed by atoms with Crippen LogP contribution in [0, 0.1) is 11.6 Å². The molecule has 19 heavy (non-hydrogen) atoms. The maximum absolute atomic E-state index is 13.1. The molecule has 0 aliphatic rings. The monoisotopic (exact) mass is 271 g/mol. The Morgan fingerprint density at radius 1 is 1.32 bits per heavy atom. The number of carbonyl (C=O) groups excluding carboxylic acids is 2. The quantitative estimate of drug-likeness (QED) is 0.794. The highest BCUT2D eigenvalue weighted by Crippen LogP contribution is 2.18. The van der Waals surface area contributed by atoms with Gasteiger partial charge in [0.1, 0.15) is 0 Å². The molecule has 0 saturated heterocycles. The Morgan fingerprint density at radius 2 is 1.89 bits per heavy atom. The number of hydrogen-bond acceptors (Lipinski definition) is 3. The van der Waals surface area contributed by atoms with Crippen molar-refractivity contribution in [1.82, 2.24) is 10.2 Å². The maximum Gasteiger partial charge on any atom is 0.256 e. The van der Waals surface area contributed by atoms with Gasteiger partial charge in [0, 0.05) is 25.3 Å². The molecule has 0 heterocycles. The third kappa shape index (κ3) is 3.64. The van der Waals surface area contributed by atoms with E-state index in [1.165, 1.54) is 7.05 Å². The molecule has 2 amide bonds. The van der Waals surface area contributed by atoms with Gasteiger partial charge in [-0.2, -0.15) is 0 Å². The average Bonchev–Trinajstić information content (AvgIpc) is 2.33. The zero-order valence-electron chi connectivity index (χ0n) is 10.7. The van der Waals surface area contributed by atoms with Crippen molar-refractivity contribution in [1.29, 1.82) is 0 Å². The molecule has 0 fully saturated rings. The van der Waals surface area contributed by atoms with Gasteiger partial charge in [-0.05, 0) is 13.0 Å². The number of amides is 2. The van der Waals surface area contributed by atoms with Gasteiger partial charge in [-0.1, -0.05) is 0 Å². The standard InChI is InChI=1S/C12H15F2N3O2/c1-3-16-11(18)6-17(2)12(19)7-4-8(13)9(14)5-10(7)15/h4-5H,3,6,15H2,1-2H3,(H,16,18). The van der Waals surface area contributed by atoms with Crippen LogP contribution in [0.2, 0.25) is 0 Å². The molecule has 1 aromatic rings. The molecule has 0 saturated carbocycles. The fraction of sp³-hybridized carbons (Fsp3) is 0.333. The molecule has 0 aromatic heterocycles. The van der Waals surface area contributed by atoms with Gasteiger partial charge < -0.3 is 16.0 Å². The van der Waals surface area contributed by atoms with Crippen molar-refractivity contribution in [3.05, 3.63) is 29.3 Å². The molecular formula is C12H15F2N3O2. The van der Waals surface area contributed by atoms with Crippen molar-refractivity contribution < 1.29 is 18.4 Å². The average molecular weight is 271 g/mol. The van der Waals surface area contributed by atoms with Gasteiger partial charge in [0.05, 0.1) is 12.1 Å². The summed E-state index contributed by atoms with van der Waals surface area (Å²) in [5, 5.41) is 2.52. The summed E-state index contributed by atoms with van der Waals surface area (Å²) in [6.07, 6.45) is 0. The van der Waals surface area contributed by atoms with Crippen LogP contribution in [0.1, 0.15) is 17.3 Å². The first kappa shape index (κ1) is 14.9. The predicted molar refractivity (Wildman–Crippen MR) is 66.4 cm³/mol. The molecule has 0 radical (unpaired) electrons. The summed E-state index contributed by atoms with van der Waals surface area (Å²) in [4.78, 5) is 24.3. The second-order valence-electron chi connectivity index (χ2n) is 3.97. The molecule has 7 heteroatoms. The van der Waals surface area contributed by atoms with Crippen LogP contribution >= 0.6 is 0 Å². The van der Waals surface area contributed by atoms with E-state index in [4.69, 9.17) is 5.73 Å². The van der Waals surface area contributed by atoms with Crippen molar-refractivity contribution in [3.8, 4) is 0 Å². The minimum absolute atomic E-state index is 0.174. The fourth-order valence-electron chi connectivity index (χ4n) is 1.49. The topological polar surface area (TPSA) is 75.4 Å². The lowest BCUT2D eigenvalue weighted by Crippen LogP contribution is -2.38. The lowest BCUT2D eigenvalue weighted by atomic mass is 10.1. The number of nitrogens with one attached hydrogen (secondary N) is 1. The van der Waals surface area contributed by atoms with Crippen LogP contribution in [0.25, 0.3) is 0 Å². The summed E-state index contributed by atoms with van der Waals surface area (Å²) in [5.41, 5.74) is 5.11. The largest absolute Gasteiger partial charge is 0.398 e. The van der Waals surface area contributed by atoms with Gasteiger partial charge in [-0.25, -0.2) is 8.78 Å². The zero-order valence-corrected chi connectivity index (χ0v) is 10.7.